The van der Waals surface area contributed by atoms with Crippen LogP contribution in [0.1, 0.15) is 23.5 Å². The maximum absolute atomic E-state index is 12.8. The molecule has 0 aliphatic rings. The molecule has 1 amide bonds. The Balaban J connectivity index is 1.79. The summed E-state index contributed by atoms with van der Waals surface area (Å²) in [4.78, 5) is 20.1. The molecule has 3 aromatic heterocycles. The number of aromatic nitrogens is 1. The van der Waals surface area contributed by atoms with Gasteiger partial charge >= 0.3 is 0 Å². The summed E-state index contributed by atoms with van der Waals surface area (Å²) in [5.41, 5.74) is 9.98. The van der Waals surface area contributed by atoms with E-state index in [1.54, 1.807) is 11.3 Å². The van der Waals surface area contributed by atoms with Gasteiger partial charge in [-0.2, -0.15) is 0 Å². The number of pyridine rings is 1. The summed E-state index contributed by atoms with van der Waals surface area (Å²) in [6.45, 7) is 3.88. The first-order valence-corrected chi connectivity index (χ1v) is 11.8. The highest BCUT2D eigenvalue weighted by atomic mass is 32.1. The van der Waals surface area contributed by atoms with Crippen molar-refractivity contribution in [2.24, 2.45) is 0 Å². The molecule has 0 saturated carbocycles. The predicted molar refractivity (Wildman–Crippen MR) is 133 cm³/mol. The lowest BCUT2D eigenvalue weighted by atomic mass is 9.99. The van der Waals surface area contributed by atoms with E-state index < -0.39 is 0 Å². The van der Waals surface area contributed by atoms with Gasteiger partial charge in [0.15, 0.2) is 0 Å². The van der Waals surface area contributed by atoms with Gasteiger partial charge < -0.3 is 11.1 Å². The first kappa shape index (κ1) is 19.7. The predicted octanol–water partition coefficient (Wildman–Crippen LogP) is 6.57. The Morgan fingerprint density at radius 1 is 1.03 bits per heavy atom. The molecule has 0 fully saturated rings. The molecule has 0 unspecified atom stereocenters. The molecular formula is C25H21N3OS2. The molecule has 0 radical (unpaired) electrons. The van der Waals surface area contributed by atoms with Gasteiger partial charge in [0.1, 0.15) is 9.71 Å². The highest BCUT2D eigenvalue weighted by molar-refractivity contribution is 7.21. The van der Waals surface area contributed by atoms with Gasteiger partial charge in [0.2, 0.25) is 0 Å². The summed E-state index contributed by atoms with van der Waals surface area (Å²) in [5.74, 6) is -0.153. The van der Waals surface area contributed by atoms with E-state index in [-0.39, 0.29) is 11.9 Å². The normalized spacial score (nSPS) is 11.5. The second-order valence-electron chi connectivity index (χ2n) is 7.71. The molecule has 0 bridgehead atoms. The van der Waals surface area contributed by atoms with Crippen LogP contribution < -0.4 is 11.1 Å². The number of fused-ring (bicyclic) bond motifs is 2. The average molecular weight is 444 g/mol. The third kappa shape index (κ3) is 3.48. The van der Waals surface area contributed by atoms with E-state index in [9.17, 15) is 4.79 Å². The summed E-state index contributed by atoms with van der Waals surface area (Å²) in [7, 11) is 0. The zero-order valence-electron chi connectivity index (χ0n) is 17.2. The molecule has 0 spiro atoms. The van der Waals surface area contributed by atoms with Crippen LogP contribution >= 0.6 is 22.7 Å². The quantitative estimate of drug-likeness (QED) is 0.330. The van der Waals surface area contributed by atoms with Crippen LogP contribution in [0.25, 0.3) is 42.7 Å². The molecule has 3 N–H and O–H groups in total. The van der Waals surface area contributed by atoms with E-state index >= 15 is 0 Å². The van der Waals surface area contributed by atoms with Crippen molar-refractivity contribution < 1.29 is 4.79 Å². The lowest BCUT2D eigenvalue weighted by molar-refractivity contribution is 0.0948. The van der Waals surface area contributed by atoms with Gasteiger partial charge in [0.25, 0.3) is 5.91 Å². The molecule has 0 aliphatic heterocycles. The van der Waals surface area contributed by atoms with Gasteiger partial charge in [0.05, 0.1) is 11.4 Å². The molecule has 6 heteroatoms. The fourth-order valence-corrected chi connectivity index (χ4v) is 5.60. The second-order valence-corrected chi connectivity index (χ2v) is 9.66. The molecular weight excluding hydrogens is 422 g/mol. The molecule has 2 aromatic carbocycles. The summed E-state index contributed by atoms with van der Waals surface area (Å²) in [6, 6.07) is 20.8. The van der Waals surface area contributed by atoms with Gasteiger partial charge in [-0.1, -0.05) is 48.5 Å². The number of carbonyl (C=O) groups is 1. The van der Waals surface area contributed by atoms with Crippen LogP contribution in [0, 0.1) is 0 Å². The van der Waals surface area contributed by atoms with Gasteiger partial charge in [-0.25, -0.2) is 4.98 Å². The standard InChI is InChI=1S/C25H21N3OS2/c1-14(2)27-24(29)23-22(26)21-18(20-11-6-12-30-20)13-19(28-25(21)31-23)17-10-5-8-15-7-3-4-9-16(15)17/h3-14H,26H2,1-2H3,(H,27,29). The average Bonchev–Trinajstić information content (AvgIpc) is 3.41. The molecule has 0 saturated heterocycles. The molecule has 3 heterocycles. The molecule has 154 valence electrons. The van der Waals surface area contributed by atoms with Crippen molar-refractivity contribution in [3.05, 3.63) is 70.9 Å². The van der Waals surface area contributed by atoms with Gasteiger partial charge in [0, 0.05) is 27.4 Å². The second kappa shape index (κ2) is 7.80. The smallest absolute Gasteiger partial charge is 0.263 e. The Morgan fingerprint density at radius 2 is 1.84 bits per heavy atom. The number of hydrogen-bond donors (Lipinski definition) is 2. The van der Waals surface area contributed by atoms with Crippen molar-refractivity contribution in [1.82, 2.24) is 10.3 Å². The van der Waals surface area contributed by atoms with Crippen LogP contribution in [-0.2, 0) is 0 Å². The minimum Gasteiger partial charge on any atom is -0.397 e. The number of benzene rings is 2. The van der Waals surface area contributed by atoms with E-state index in [4.69, 9.17) is 10.7 Å². The molecule has 0 atom stereocenters. The number of nitrogens with two attached hydrogens (primary N) is 1. The Bertz CT molecular complexity index is 1410. The topological polar surface area (TPSA) is 68.0 Å². The van der Waals surface area contributed by atoms with E-state index in [2.05, 4.69) is 47.8 Å². The summed E-state index contributed by atoms with van der Waals surface area (Å²) in [6.07, 6.45) is 0. The van der Waals surface area contributed by atoms with Crippen LogP contribution in [0.5, 0.6) is 0 Å². The molecule has 4 nitrogen and oxygen atoms in total. The van der Waals surface area contributed by atoms with E-state index in [0.29, 0.717) is 10.6 Å². The third-order valence-electron chi connectivity index (χ3n) is 5.18. The SMILES string of the molecule is CC(C)NC(=O)c1sc2nc(-c3cccc4ccccc34)cc(-c3cccs3)c2c1N. The van der Waals surface area contributed by atoms with Crippen LogP contribution in [0.2, 0.25) is 0 Å². The van der Waals surface area contributed by atoms with Crippen molar-refractivity contribution in [1.29, 1.82) is 0 Å². The molecule has 31 heavy (non-hydrogen) atoms. The first-order chi connectivity index (χ1) is 15.0. The zero-order chi connectivity index (χ0) is 21.5. The minimum atomic E-state index is -0.153. The minimum absolute atomic E-state index is 0.0353. The third-order valence-corrected chi connectivity index (χ3v) is 7.18. The number of anilines is 1. The molecule has 5 rings (SSSR count). The Hall–Kier alpha value is -3.22. The van der Waals surface area contributed by atoms with E-state index in [0.717, 1.165) is 37.3 Å². The van der Waals surface area contributed by atoms with E-state index in [1.165, 1.54) is 16.7 Å². The fourth-order valence-electron chi connectivity index (χ4n) is 3.83. The summed E-state index contributed by atoms with van der Waals surface area (Å²) < 4.78 is 0. The van der Waals surface area contributed by atoms with Crippen molar-refractivity contribution in [3.8, 4) is 21.7 Å². The van der Waals surface area contributed by atoms with Gasteiger partial charge in [-0.05, 0) is 42.1 Å². The lowest BCUT2D eigenvalue weighted by Crippen LogP contribution is -2.29. The molecule has 5 aromatic rings. The Kier molecular flexibility index (Phi) is 4.96. The van der Waals surface area contributed by atoms with Crippen LogP contribution in [-0.4, -0.2) is 16.9 Å². The van der Waals surface area contributed by atoms with Crippen LogP contribution in [0.4, 0.5) is 5.69 Å². The van der Waals surface area contributed by atoms with Crippen molar-refractivity contribution in [3.63, 3.8) is 0 Å². The number of amides is 1. The fraction of sp³-hybridized carbons (Fsp3) is 0.120. The van der Waals surface area contributed by atoms with Gasteiger partial charge in [-0.3, -0.25) is 4.79 Å². The number of nitrogens with one attached hydrogen (secondary N) is 1. The monoisotopic (exact) mass is 443 g/mol. The maximum Gasteiger partial charge on any atom is 0.263 e. The van der Waals surface area contributed by atoms with Crippen molar-refractivity contribution in [2.45, 2.75) is 19.9 Å². The van der Waals surface area contributed by atoms with Gasteiger partial charge in [-0.15, -0.1) is 22.7 Å². The first-order valence-electron chi connectivity index (χ1n) is 10.1. The molecule has 0 aliphatic carbocycles. The summed E-state index contributed by atoms with van der Waals surface area (Å²) in [5, 5.41) is 8.17. The number of carbonyl (C=O) groups excluding carboxylic acids is 1. The number of thiophene rings is 2. The highest BCUT2D eigenvalue weighted by Gasteiger charge is 2.22. The largest absolute Gasteiger partial charge is 0.397 e. The number of hydrogen-bond acceptors (Lipinski definition) is 5. The highest BCUT2D eigenvalue weighted by Crippen LogP contribution is 2.43. The van der Waals surface area contributed by atoms with E-state index in [1.807, 2.05) is 37.4 Å². The Labute approximate surface area is 188 Å². The van der Waals surface area contributed by atoms with Crippen LogP contribution in [0.15, 0.2) is 66.0 Å². The Morgan fingerprint density at radius 3 is 2.61 bits per heavy atom. The number of rotatable bonds is 4. The number of nitrogen functional groups attached to an aromatic ring is 1. The zero-order valence-corrected chi connectivity index (χ0v) is 18.8. The number of nitrogens with zero attached hydrogens (tertiary/aromatic N) is 1. The van der Waals surface area contributed by atoms with Crippen molar-refractivity contribution >= 4 is 55.3 Å². The lowest BCUT2D eigenvalue weighted by Gasteiger charge is -2.10. The van der Waals surface area contributed by atoms with Crippen molar-refractivity contribution in [2.75, 3.05) is 5.73 Å². The maximum atomic E-state index is 12.8. The van der Waals surface area contributed by atoms with Crippen LogP contribution in [0.3, 0.4) is 0 Å². The summed E-state index contributed by atoms with van der Waals surface area (Å²) >= 11 is 3.01.